The molecule has 0 radical (unpaired) electrons. The number of nitrogen functional groups attached to an aromatic ring is 1. The van der Waals surface area contributed by atoms with E-state index < -0.39 is 12.1 Å². The van der Waals surface area contributed by atoms with Crippen molar-refractivity contribution in [3.05, 3.63) is 29.3 Å². The summed E-state index contributed by atoms with van der Waals surface area (Å²) in [4.78, 5) is 11.6. The van der Waals surface area contributed by atoms with E-state index in [1.54, 1.807) is 32.0 Å². The number of ether oxygens (including phenoxy) is 1. The second-order valence-corrected chi connectivity index (χ2v) is 3.79. The first-order chi connectivity index (χ1) is 7.52. The molecule has 88 valence electrons. The van der Waals surface area contributed by atoms with Gasteiger partial charge in [-0.05, 0) is 31.5 Å². The molecule has 0 fully saturated rings. The highest BCUT2D eigenvalue weighted by Gasteiger charge is 2.11. The van der Waals surface area contributed by atoms with E-state index >= 15 is 0 Å². The quantitative estimate of drug-likeness (QED) is 0.599. The SMILES string of the molecule is Cc1c(N)cccc1C(=O)OCCC(C)O. The lowest BCUT2D eigenvalue weighted by Crippen LogP contribution is -2.12. The van der Waals surface area contributed by atoms with Crippen LogP contribution in [0.25, 0.3) is 0 Å². The fraction of sp³-hybridized carbons (Fsp3) is 0.417. The molecular weight excluding hydrogens is 206 g/mol. The molecule has 0 saturated carbocycles. The molecule has 0 spiro atoms. The molecule has 1 atom stereocenters. The molecule has 3 N–H and O–H groups in total. The number of rotatable bonds is 4. The van der Waals surface area contributed by atoms with Crippen LogP contribution in [0.5, 0.6) is 0 Å². The third-order valence-electron chi connectivity index (χ3n) is 2.36. The fourth-order valence-corrected chi connectivity index (χ4v) is 1.27. The molecule has 1 aromatic carbocycles. The van der Waals surface area contributed by atoms with Crippen molar-refractivity contribution < 1.29 is 14.6 Å². The van der Waals surface area contributed by atoms with Gasteiger partial charge >= 0.3 is 5.97 Å². The van der Waals surface area contributed by atoms with Crippen molar-refractivity contribution in [1.29, 1.82) is 0 Å². The maximum Gasteiger partial charge on any atom is 0.338 e. The molecule has 0 aliphatic heterocycles. The lowest BCUT2D eigenvalue weighted by molar-refractivity contribution is 0.0443. The highest BCUT2D eigenvalue weighted by atomic mass is 16.5. The molecule has 0 aliphatic rings. The Morgan fingerprint density at radius 1 is 1.56 bits per heavy atom. The summed E-state index contributed by atoms with van der Waals surface area (Å²) >= 11 is 0. The van der Waals surface area contributed by atoms with Crippen molar-refractivity contribution >= 4 is 11.7 Å². The van der Waals surface area contributed by atoms with Gasteiger partial charge in [-0.2, -0.15) is 0 Å². The lowest BCUT2D eigenvalue weighted by atomic mass is 10.1. The molecule has 0 heterocycles. The van der Waals surface area contributed by atoms with E-state index in [9.17, 15) is 4.79 Å². The number of anilines is 1. The van der Waals surface area contributed by atoms with Crippen LogP contribution < -0.4 is 5.73 Å². The van der Waals surface area contributed by atoms with Crippen LogP contribution in [-0.2, 0) is 4.74 Å². The zero-order valence-corrected chi connectivity index (χ0v) is 9.56. The molecule has 1 rings (SSSR count). The number of benzene rings is 1. The average molecular weight is 223 g/mol. The standard InChI is InChI=1S/C12H17NO3/c1-8(14)6-7-16-12(15)10-4-3-5-11(13)9(10)2/h3-5,8,14H,6-7,13H2,1-2H3. The number of carbonyl (C=O) groups excluding carboxylic acids is 1. The van der Waals surface area contributed by atoms with Gasteiger partial charge in [0.05, 0.1) is 18.3 Å². The van der Waals surface area contributed by atoms with Crippen LogP contribution in [0.2, 0.25) is 0 Å². The molecule has 0 bridgehead atoms. The van der Waals surface area contributed by atoms with E-state index in [1.165, 1.54) is 0 Å². The molecule has 4 heteroatoms. The van der Waals surface area contributed by atoms with Gasteiger partial charge in [0.15, 0.2) is 0 Å². The van der Waals surface area contributed by atoms with E-state index in [-0.39, 0.29) is 6.61 Å². The van der Waals surface area contributed by atoms with Crippen molar-refractivity contribution in [1.82, 2.24) is 0 Å². The number of esters is 1. The molecule has 0 aromatic heterocycles. The van der Waals surface area contributed by atoms with Crippen molar-refractivity contribution in [2.45, 2.75) is 26.4 Å². The number of nitrogens with two attached hydrogens (primary N) is 1. The van der Waals surface area contributed by atoms with E-state index in [0.29, 0.717) is 17.7 Å². The molecule has 1 unspecified atom stereocenters. The maximum atomic E-state index is 11.6. The third kappa shape index (κ3) is 3.24. The summed E-state index contributed by atoms with van der Waals surface area (Å²) in [6, 6.07) is 5.13. The Balaban J connectivity index is 2.63. The largest absolute Gasteiger partial charge is 0.462 e. The van der Waals surface area contributed by atoms with Crippen LogP contribution in [0, 0.1) is 6.92 Å². The fourth-order valence-electron chi connectivity index (χ4n) is 1.27. The summed E-state index contributed by atoms with van der Waals surface area (Å²) in [6.45, 7) is 3.64. The van der Waals surface area contributed by atoms with Gasteiger partial charge in [-0.3, -0.25) is 0 Å². The molecule has 0 saturated heterocycles. The summed E-state index contributed by atoms with van der Waals surface area (Å²) in [5, 5.41) is 9.02. The minimum atomic E-state index is -0.463. The summed E-state index contributed by atoms with van der Waals surface area (Å²) in [6.07, 6.45) is -0.0256. The third-order valence-corrected chi connectivity index (χ3v) is 2.36. The highest BCUT2D eigenvalue weighted by molar-refractivity contribution is 5.92. The molecular formula is C12H17NO3. The Labute approximate surface area is 95.0 Å². The second-order valence-electron chi connectivity index (χ2n) is 3.79. The van der Waals surface area contributed by atoms with E-state index in [4.69, 9.17) is 15.6 Å². The Hall–Kier alpha value is -1.55. The minimum absolute atomic E-state index is 0.213. The van der Waals surface area contributed by atoms with Crippen LogP contribution in [0.3, 0.4) is 0 Å². The summed E-state index contributed by atoms with van der Waals surface area (Å²) in [7, 11) is 0. The van der Waals surface area contributed by atoms with Gasteiger partial charge < -0.3 is 15.6 Å². The summed E-state index contributed by atoms with van der Waals surface area (Å²) in [5.74, 6) is -0.398. The van der Waals surface area contributed by atoms with Crippen LogP contribution in [0.4, 0.5) is 5.69 Å². The Morgan fingerprint density at radius 2 is 2.25 bits per heavy atom. The first kappa shape index (κ1) is 12.5. The molecule has 4 nitrogen and oxygen atoms in total. The molecule has 0 aliphatic carbocycles. The highest BCUT2D eigenvalue weighted by Crippen LogP contribution is 2.16. The number of hydrogen-bond donors (Lipinski definition) is 2. The zero-order chi connectivity index (χ0) is 12.1. The Morgan fingerprint density at radius 3 is 2.88 bits per heavy atom. The smallest absolute Gasteiger partial charge is 0.338 e. The molecule has 0 amide bonds. The Kier molecular flexibility index (Phi) is 4.31. The van der Waals surface area contributed by atoms with Gasteiger partial charge in [-0.15, -0.1) is 0 Å². The first-order valence-corrected chi connectivity index (χ1v) is 5.22. The van der Waals surface area contributed by atoms with E-state index in [0.717, 1.165) is 5.56 Å². The van der Waals surface area contributed by atoms with Gasteiger partial charge in [0.1, 0.15) is 0 Å². The molecule has 1 aromatic rings. The first-order valence-electron chi connectivity index (χ1n) is 5.22. The van der Waals surface area contributed by atoms with Crippen LogP contribution in [0.15, 0.2) is 18.2 Å². The maximum absolute atomic E-state index is 11.6. The van der Waals surface area contributed by atoms with Gasteiger partial charge in [0, 0.05) is 12.1 Å². The zero-order valence-electron chi connectivity index (χ0n) is 9.56. The molecule has 16 heavy (non-hydrogen) atoms. The van der Waals surface area contributed by atoms with Gasteiger partial charge in [-0.25, -0.2) is 4.79 Å². The van der Waals surface area contributed by atoms with Crippen molar-refractivity contribution in [3.63, 3.8) is 0 Å². The van der Waals surface area contributed by atoms with Crippen molar-refractivity contribution in [2.75, 3.05) is 12.3 Å². The summed E-state index contributed by atoms with van der Waals surface area (Å²) in [5.41, 5.74) is 7.47. The van der Waals surface area contributed by atoms with Crippen molar-refractivity contribution in [3.8, 4) is 0 Å². The number of hydrogen-bond acceptors (Lipinski definition) is 4. The van der Waals surface area contributed by atoms with Gasteiger partial charge in [0.25, 0.3) is 0 Å². The normalized spacial score (nSPS) is 12.2. The number of carbonyl (C=O) groups is 1. The Bertz CT molecular complexity index is 375. The van der Waals surface area contributed by atoms with Crippen LogP contribution >= 0.6 is 0 Å². The van der Waals surface area contributed by atoms with Crippen LogP contribution in [0.1, 0.15) is 29.3 Å². The monoisotopic (exact) mass is 223 g/mol. The second kappa shape index (κ2) is 5.51. The van der Waals surface area contributed by atoms with Gasteiger partial charge in [-0.1, -0.05) is 6.07 Å². The van der Waals surface area contributed by atoms with E-state index in [1.807, 2.05) is 0 Å². The predicted octanol–water partition coefficient (Wildman–Crippen LogP) is 1.50. The predicted molar refractivity (Wildman–Crippen MR) is 62.2 cm³/mol. The number of aliphatic hydroxyl groups is 1. The lowest BCUT2D eigenvalue weighted by Gasteiger charge is -2.09. The average Bonchev–Trinajstić information content (AvgIpc) is 2.21. The van der Waals surface area contributed by atoms with E-state index in [2.05, 4.69) is 0 Å². The van der Waals surface area contributed by atoms with Gasteiger partial charge in [0.2, 0.25) is 0 Å². The van der Waals surface area contributed by atoms with Crippen LogP contribution in [-0.4, -0.2) is 23.8 Å². The number of aliphatic hydroxyl groups excluding tert-OH is 1. The minimum Gasteiger partial charge on any atom is -0.462 e. The topological polar surface area (TPSA) is 72.6 Å². The van der Waals surface area contributed by atoms with Crippen molar-refractivity contribution in [2.24, 2.45) is 0 Å². The summed E-state index contributed by atoms with van der Waals surface area (Å²) < 4.78 is 5.02.